The standard InChI is InChI=1S/C18H18N2O7/c1-3-26-18(22)13-6-4-5-7-14(13)19-17(21)11-27-16-10-12(20(23)24)8-9-15(16)25-2/h4-10H,3,11H2,1-2H3,(H,19,21). The topological polar surface area (TPSA) is 117 Å². The molecule has 0 aliphatic rings. The van der Waals surface area contributed by atoms with Crippen molar-refractivity contribution in [2.75, 3.05) is 25.6 Å². The fourth-order valence-electron chi connectivity index (χ4n) is 2.20. The molecule has 2 aromatic rings. The minimum Gasteiger partial charge on any atom is -0.493 e. The molecule has 2 rings (SSSR count). The molecule has 2 aromatic carbocycles. The van der Waals surface area contributed by atoms with Gasteiger partial charge in [-0.1, -0.05) is 12.1 Å². The molecule has 1 N–H and O–H groups in total. The molecular weight excluding hydrogens is 356 g/mol. The molecule has 0 saturated carbocycles. The molecule has 0 bridgehead atoms. The predicted molar refractivity (Wildman–Crippen MR) is 96.2 cm³/mol. The number of hydrogen-bond acceptors (Lipinski definition) is 7. The molecule has 0 heterocycles. The summed E-state index contributed by atoms with van der Waals surface area (Å²) in [6.45, 7) is 1.45. The number of non-ortho nitro benzene ring substituents is 1. The van der Waals surface area contributed by atoms with E-state index in [9.17, 15) is 19.7 Å². The lowest BCUT2D eigenvalue weighted by atomic mass is 10.2. The van der Waals surface area contributed by atoms with Gasteiger partial charge in [0.05, 0.1) is 36.0 Å². The molecule has 9 nitrogen and oxygen atoms in total. The van der Waals surface area contributed by atoms with Gasteiger partial charge in [0, 0.05) is 6.07 Å². The lowest BCUT2D eigenvalue weighted by Gasteiger charge is -2.12. The molecule has 0 spiro atoms. The van der Waals surface area contributed by atoms with Crippen LogP contribution in [0.2, 0.25) is 0 Å². The lowest BCUT2D eigenvalue weighted by Crippen LogP contribution is -2.22. The van der Waals surface area contributed by atoms with Gasteiger partial charge in [-0.2, -0.15) is 0 Å². The summed E-state index contributed by atoms with van der Waals surface area (Å²) in [6.07, 6.45) is 0. The van der Waals surface area contributed by atoms with Crippen molar-refractivity contribution in [3.63, 3.8) is 0 Å². The second kappa shape index (κ2) is 9.18. The van der Waals surface area contributed by atoms with Crippen molar-refractivity contribution < 1.29 is 28.7 Å². The Balaban J connectivity index is 2.09. The van der Waals surface area contributed by atoms with Crippen LogP contribution in [0.3, 0.4) is 0 Å². The van der Waals surface area contributed by atoms with E-state index < -0.39 is 23.4 Å². The quantitative estimate of drug-likeness (QED) is 0.429. The van der Waals surface area contributed by atoms with Crippen molar-refractivity contribution in [2.45, 2.75) is 6.92 Å². The first-order valence-electron chi connectivity index (χ1n) is 7.97. The van der Waals surface area contributed by atoms with Crippen molar-refractivity contribution in [3.05, 3.63) is 58.1 Å². The van der Waals surface area contributed by atoms with Gasteiger partial charge in [0.25, 0.3) is 11.6 Å². The first-order valence-corrected chi connectivity index (χ1v) is 7.97. The number of nitro benzene ring substituents is 1. The Morgan fingerprint density at radius 1 is 1.15 bits per heavy atom. The molecule has 9 heteroatoms. The van der Waals surface area contributed by atoms with Gasteiger partial charge in [-0.25, -0.2) is 4.79 Å². The summed E-state index contributed by atoms with van der Waals surface area (Å²) >= 11 is 0. The van der Waals surface area contributed by atoms with E-state index in [1.807, 2.05) is 0 Å². The molecule has 0 saturated heterocycles. The molecule has 0 aliphatic carbocycles. The van der Waals surface area contributed by atoms with Crippen LogP contribution < -0.4 is 14.8 Å². The highest BCUT2D eigenvalue weighted by Crippen LogP contribution is 2.31. The Morgan fingerprint density at radius 3 is 2.56 bits per heavy atom. The van der Waals surface area contributed by atoms with Crippen molar-refractivity contribution in [1.82, 2.24) is 0 Å². The van der Waals surface area contributed by atoms with Crippen molar-refractivity contribution in [2.24, 2.45) is 0 Å². The number of nitrogens with zero attached hydrogens (tertiary/aromatic N) is 1. The number of carbonyl (C=O) groups is 2. The van der Waals surface area contributed by atoms with E-state index in [4.69, 9.17) is 14.2 Å². The van der Waals surface area contributed by atoms with Crippen LogP contribution in [0.1, 0.15) is 17.3 Å². The number of esters is 1. The van der Waals surface area contributed by atoms with E-state index in [2.05, 4.69) is 5.32 Å². The summed E-state index contributed by atoms with van der Waals surface area (Å²) < 4.78 is 15.4. The smallest absolute Gasteiger partial charge is 0.340 e. The number of hydrogen-bond donors (Lipinski definition) is 1. The van der Waals surface area contributed by atoms with Gasteiger partial charge in [0.1, 0.15) is 0 Å². The maximum atomic E-state index is 12.2. The number of para-hydroxylation sites is 1. The average molecular weight is 374 g/mol. The summed E-state index contributed by atoms with van der Waals surface area (Å²) in [6, 6.07) is 10.2. The number of ether oxygens (including phenoxy) is 3. The Labute approximate surface area is 155 Å². The average Bonchev–Trinajstić information content (AvgIpc) is 2.66. The number of rotatable bonds is 8. The monoisotopic (exact) mass is 374 g/mol. The first kappa shape index (κ1) is 19.7. The molecule has 0 aromatic heterocycles. The third kappa shape index (κ3) is 5.18. The van der Waals surface area contributed by atoms with Gasteiger partial charge in [-0.3, -0.25) is 14.9 Å². The van der Waals surface area contributed by atoms with Gasteiger partial charge >= 0.3 is 5.97 Å². The van der Waals surface area contributed by atoms with Crippen LogP contribution in [0.4, 0.5) is 11.4 Å². The largest absolute Gasteiger partial charge is 0.493 e. The van der Waals surface area contributed by atoms with Crippen LogP contribution in [-0.2, 0) is 9.53 Å². The van der Waals surface area contributed by atoms with Gasteiger partial charge in [0.2, 0.25) is 0 Å². The van der Waals surface area contributed by atoms with Crippen molar-refractivity contribution in [3.8, 4) is 11.5 Å². The van der Waals surface area contributed by atoms with E-state index in [-0.39, 0.29) is 35.0 Å². The van der Waals surface area contributed by atoms with Gasteiger partial charge in [0.15, 0.2) is 18.1 Å². The Morgan fingerprint density at radius 2 is 1.89 bits per heavy atom. The number of benzene rings is 2. The van der Waals surface area contributed by atoms with Crippen LogP contribution >= 0.6 is 0 Å². The maximum Gasteiger partial charge on any atom is 0.340 e. The molecule has 0 fully saturated rings. The van der Waals surface area contributed by atoms with Gasteiger partial charge < -0.3 is 19.5 Å². The van der Waals surface area contributed by atoms with E-state index >= 15 is 0 Å². The van der Waals surface area contributed by atoms with E-state index in [1.165, 1.54) is 31.4 Å². The van der Waals surface area contributed by atoms with E-state index in [0.717, 1.165) is 0 Å². The third-order valence-corrected chi connectivity index (χ3v) is 3.41. The maximum absolute atomic E-state index is 12.2. The second-order valence-electron chi connectivity index (χ2n) is 5.20. The number of carbonyl (C=O) groups excluding carboxylic acids is 2. The molecular formula is C18H18N2O7. The molecule has 0 atom stereocenters. The van der Waals surface area contributed by atoms with E-state index in [0.29, 0.717) is 0 Å². The Hall–Kier alpha value is -3.62. The van der Waals surface area contributed by atoms with Crippen LogP contribution in [0.15, 0.2) is 42.5 Å². The fraction of sp³-hybridized carbons (Fsp3) is 0.222. The molecule has 0 radical (unpaired) electrons. The molecule has 142 valence electrons. The highest BCUT2D eigenvalue weighted by Gasteiger charge is 2.16. The number of nitro groups is 1. The number of nitrogens with one attached hydrogen (secondary N) is 1. The summed E-state index contributed by atoms with van der Waals surface area (Å²) in [5, 5.41) is 13.4. The number of methoxy groups -OCH3 is 1. The summed E-state index contributed by atoms with van der Waals surface area (Å²) in [4.78, 5) is 34.4. The molecule has 0 unspecified atom stereocenters. The summed E-state index contributed by atoms with van der Waals surface area (Å²) in [7, 11) is 1.38. The number of anilines is 1. The Kier molecular flexibility index (Phi) is 6.70. The SMILES string of the molecule is CCOC(=O)c1ccccc1NC(=O)COc1cc([N+](=O)[O-])ccc1OC. The lowest BCUT2D eigenvalue weighted by molar-refractivity contribution is -0.385. The normalized spacial score (nSPS) is 10.0. The first-order chi connectivity index (χ1) is 13.0. The van der Waals surface area contributed by atoms with Crippen molar-refractivity contribution >= 4 is 23.3 Å². The summed E-state index contributed by atoms with van der Waals surface area (Å²) in [5.74, 6) is -0.809. The van der Waals surface area contributed by atoms with Gasteiger partial charge in [-0.05, 0) is 25.1 Å². The fourth-order valence-corrected chi connectivity index (χ4v) is 2.20. The van der Waals surface area contributed by atoms with Crippen LogP contribution in [0.5, 0.6) is 11.5 Å². The molecule has 1 amide bonds. The molecule has 0 aliphatic heterocycles. The predicted octanol–water partition coefficient (Wildman–Crippen LogP) is 2.80. The van der Waals surface area contributed by atoms with Crippen LogP contribution in [0.25, 0.3) is 0 Å². The minimum atomic E-state index is -0.581. The van der Waals surface area contributed by atoms with E-state index in [1.54, 1.807) is 25.1 Å². The zero-order valence-corrected chi connectivity index (χ0v) is 14.8. The third-order valence-electron chi connectivity index (χ3n) is 3.41. The van der Waals surface area contributed by atoms with Crippen molar-refractivity contribution in [1.29, 1.82) is 0 Å². The zero-order chi connectivity index (χ0) is 19.8. The number of amides is 1. The highest BCUT2D eigenvalue weighted by molar-refractivity contribution is 6.01. The zero-order valence-electron chi connectivity index (χ0n) is 14.8. The van der Waals surface area contributed by atoms with Crippen LogP contribution in [0, 0.1) is 10.1 Å². The van der Waals surface area contributed by atoms with Crippen LogP contribution in [-0.4, -0.2) is 37.1 Å². The highest BCUT2D eigenvalue weighted by atomic mass is 16.6. The molecule has 27 heavy (non-hydrogen) atoms. The van der Waals surface area contributed by atoms with Gasteiger partial charge in [-0.15, -0.1) is 0 Å². The second-order valence-corrected chi connectivity index (χ2v) is 5.20. The Bertz CT molecular complexity index is 851. The summed E-state index contributed by atoms with van der Waals surface area (Å²) in [5.41, 5.74) is 0.287. The minimum absolute atomic E-state index is 0.0560.